The molecular weight excluding hydrogens is 574 g/mol. The highest BCUT2D eigenvalue weighted by atomic mass is 32.1. The number of aryl methyl sites for hydroxylation is 1. The van der Waals surface area contributed by atoms with Crippen molar-refractivity contribution >= 4 is 23.1 Å². The molecule has 218 valence electrons. The number of hydrogen-bond acceptors (Lipinski definition) is 7. The molecule has 0 radical (unpaired) electrons. The van der Waals surface area contributed by atoms with Gasteiger partial charge in [0.15, 0.2) is 0 Å². The summed E-state index contributed by atoms with van der Waals surface area (Å²) in [4.78, 5) is 18.8. The minimum absolute atomic E-state index is 0.0696. The summed E-state index contributed by atoms with van der Waals surface area (Å²) in [6.07, 6.45) is 0.786. The molecule has 0 aliphatic heterocycles. The van der Waals surface area contributed by atoms with Crippen molar-refractivity contribution in [3.63, 3.8) is 0 Å². The molecular formula is C31H27F2N6O3S+. The number of rotatable bonds is 8. The molecule has 43 heavy (non-hydrogen) atoms. The van der Waals surface area contributed by atoms with Crippen LogP contribution in [0.1, 0.15) is 29.0 Å². The van der Waals surface area contributed by atoms with Crippen LogP contribution in [0.5, 0.6) is 6.01 Å². The van der Waals surface area contributed by atoms with Gasteiger partial charge in [-0.2, -0.15) is 5.26 Å². The Morgan fingerprint density at radius 1 is 1.19 bits per heavy atom. The third-order valence-corrected chi connectivity index (χ3v) is 8.16. The Morgan fingerprint density at radius 3 is 2.60 bits per heavy atom. The number of aromatic nitrogens is 4. The van der Waals surface area contributed by atoms with E-state index >= 15 is 4.39 Å². The zero-order valence-corrected chi connectivity index (χ0v) is 24.3. The van der Waals surface area contributed by atoms with Crippen LogP contribution < -0.4 is 14.2 Å². The lowest BCUT2D eigenvalue weighted by Crippen LogP contribution is -2.38. The van der Waals surface area contributed by atoms with Gasteiger partial charge >= 0.3 is 12.1 Å². The molecule has 12 heteroatoms. The minimum atomic E-state index is -2.02. The van der Waals surface area contributed by atoms with Crippen LogP contribution in [0.2, 0.25) is 0 Å². The van der Waals surface area contributed by atoms with E-state index < -0.39 is 29.2 Å². The van der Waals surface area contributed by atoms with E-state index in [9.17, 15) is 14.3 Å². The van der Waals surface area contributed by atoms with Crippen LogP contribution in [-0.4, -0.2) is 33.0 Å². The van der Waals surface area contributed by atoms with Crippen molar-refractivity contribution in [3.8, 4) is 23.3 Å². The van der Waals surface area contributed by atoms with Gasteiger partial charge in [0, 0.05) is 35.2 Å². The number of benzene rings is 3. The smallest absolute Gasteiger partial charge is 0.381 e. The molecule has 0 saturated carbocycles. The van der Waals surface area contributed by atoms with Gasteiger partial charge in [0.1, 0.15) is 23.8 Å². The van der Waals surface area contributed by atoms with E-state index in [1.54, 1.807) is 74.9 Å². The van der Waals surface area contributed by atoms with E-state index in [0.717, 1.165) is 23.8 Å². The molecule has 5 rings (SSSR count). The Bertz CT molecular complexity index is 1800. The second-order valence-corrected chi connectivity index (χ2v) is 10.9. The summed E-state index contributed by atoms with van der Waals surface area (Å²) in [6.45, 7) is 1.35. The number of nitriles is 1. The molecule has 2 heterocycles. The summed E-state index contributed by atoms with van der Waals surface area (Å²) in [7, 11) is 3.16. The molecule has 3 aromatic carbocycles. The first-order valence-corrected chi connectivity index (χ1v) is 14.0. The van der Waals surface area contributed by atoms with Gasteiger partial charge in [-0.25, -0.2) is 23.1 Å². The van der Waals surface area contributed by atoms with E-state index in [-0.39, 0.29) is 18.1 Å². The van der Waals surface area contributed by atoms with Gasteiger partial charge in [0.05, 0.1) is 34.5 Å². The summed E-state index contributed by atoms with van der Waals surface area (Å²) in [5.74, 6) is -2.35. The lowest BCUT2D eigenvalue weighted by molar-refractivity contribution is -0.676. The molecule has 2 atom stereocenters. The second kappa shape index (κ2) is 12.1. The fourth-order valence-electron chi connectivity index (χ4n) is 4.60. The summed E-state index contributed by atoms with van der Waals surface area (Å²) >= 11 is 1.26. The largest absolute Gasteiger partial charge is 0.476 e. The highest BCUT2D eigenvalue weighted by molar-refractivity contribution is 7.10. The summed E-state index contributed by atoms with van der Waals surface area (Å²) in [5, 5.41) is 27.8. The fraction of sp³-hybridized carbons (Fsp3) is 0.194. The summed E-state index contributed by atoms with van der Waals surface area (Å²) in [5.41, 5.74) is 0.208. The number of halogens is 2. The van der Waals surface area contributed by atoms with Gasteiger partial charge in [-0.05, 0) is 42.5 Å². The number of hydrogen-bond donors (Lipinski definition) is 1. The number of para-hydroxylation sites is 1. The Hall–Kier alpha value is -4.99. The van der Waals surface area contributed by atoms with Crippen molar-refractivity contribution in [1.29, 1.82) is 5.26 Å². The Labute approximate surface area is 250 Å². The standard InChI is InChI=1S/C31H27F2N6O3S/c1-20(28-35-27(17-43-28)22-11-9-21(16-34)10-12-22)31(41,25-15-23(32)13-14-26(25)33)18-39-19-37(2)29(36-39)42-30(40)38(3)24-7-5-4-6-8-24/h4-15,17,19-20,41H,18H2,1-3H3/q+1/t20-,31+/m0/s1. The Morgan fingerprint density at radius 2 is 1.91 bits per heavy atom. The number of nitrogens with zero attached hydrogens (tertiary/aromatic N) is 6. The van der Waals surface area contributed by atoms with Gasteiger partial charge < -0.3 is 9.84 Å². The predicted octanol–water partition coefficient (Wildman–Crippen LogP) is 5.31. The average molecular weight is 602 g/mol. The first kappa shape index (κ1) is 29.5. The number of anilines is 1. The Balaban J connectivity index is 1.46. The van der Waals surface area contributed by atoms with Crippen LogP contribution in [0.25, 0.3) is 11.3 Å². The lowest BCUT2D eigenvalue weighted by Gasteiger charge is -2.32. The number of carbonyl (C=O) groups is 1. The zero-order chi connectivity index (χ0) is 30.7. The maximum atomic E-state index is 15.2. The van der Waals surface area contributed by atoms with Gasteiger partial charge in [0.2, 0.25) is 6.33 Å². The van der Waals surface area contributed by atoms with Gasteiger partial charge in [0.25, 0.3) is 0 Å². The SMILES string of the molecule is C[C@@H](c1nc(-c2ccc(C#N)cc2)cs1)[C@](O)(Cn1c[n+](C)c(OC(=O)N(C)c2ccccc2)n1)c1cc(F)ccc1F. The molecule has 2 aromatic heterocycles. The zero-order valence-electron chi connectivity index (χ0n) is 23.5. The highest BCUT2D eigenvalue weighted by Gasteiger charge is 2.44. The lowest BCUT2D eigenvalue weighted by atomic mass is 9.82. The third-order valence-electron chi connectivity index (χ3n) is 7.13. The maximum absolute atomic E-state index is 15.2. The van der Waals surface area contributed by atoms with Crippen LogP contribution in [0.4, 0.5) is 19.3 Å². The molecule has 1 N–H and O–H groups in total. The normalized spacial score (nSPS) is 13.1. The third kappa shape index (κ3) is 6.13. The number of thiazole rings is 1. The van der Waals surface area contributed by atoms with E-state index in [4.69, 9.17) is 10.00 Å². The molecule has 0 bridgehead atoms. The molecule has 0 spiro atoms. The number of ether oxygens (including phenoxy) is 1. The summed E-state index contributed by atoms with van der Waals surface area (Å²) in [6, 6.07) is 20.7. The molecule has 5 aromatic rings. The minimum Gasteiger partial charge on any atom is -0.381 e. The topological polar surface area (TPSA) is 108 Å². The molecule has 0 saturated heterocycles. The van der Waals surface area contributed by atoms with Crippen molar-refractivity contribution in [2.45, 2.75) is 25.0 Å². The second-order valence-electron chi connectivity index (χ2n) is 10.00. The van der Waals surface area contributed by atoms with Crippen LogP contribution >= 0.6 is 11.3 Å². The van der Waals surface area contributed by atoms with Gasteiger partial charge in [-0.3, -0.25) is 4.90 Å². The van der Waals surface area contributed by atoms with Crippen molar-refractivity contribution in [2.24, 2.45) is 7.05 Å². The van der Waals surface area contributed by atoms with Crippen molar-refractivity contribution < 1.29 is 28.0 Å². The summed E-state index contributed by atoms with van der Waals surface area (Å²) < 4.78 is 37.8. The molecule has 1 amide bonds. The van der Waals surface area contributed by atoms with Crippen molar-refractivity contribution in [1.82, 2.24) is 14.8 Å². The first-order chi connectivity index (χ1) is 20.6. The predicted molar refractivity (Wildman–Crippen MR) is 155 cm³/mol. The van der Waals surface area contributed by atoms with Crippen molar-refractivity contribution in [2.75, 3.05) is 11.9 Å². The monoisotopic (exact) mass is 601 g/mol. The van der Waals surface area contributed by atoms with Crippen molar-refractivity contribution in [3.05, 3.63) is 112 Å². The fourth-order valence-corrected chi connectivity index (χ4v) is 5.57. The molecule has 0 aliphatic carbocycles. The quantitative estimate of drug-likeness (QED) is 0.242. The van der Waals surface area contributed by atoms with Gasteiger partial charge in [-0.15, -0.1) is 16.0 Å². The number of carbonyl (C=O) groups excluding carboxylic acids is 1. The molecule has 0 unspecified atom stereocenters. The van der Waals surface area contributed by atoms with E-state index in [1.165, 1.54) is 31.8 Å². The van der Waals surface area contributed by atoms with Crippen LogP contribution in [0.15, 0.2) is 84.5 Å². The highest BCUT2D eigenvalue weighted by Crippen LogP contribution is 2.41. The first-order valence-electron chi connectivity index (χ1n) is 13.2. The number of aliphatic hydroxyl groups is 1. The van der Waals surface area contributed by atoms with E-state index in [1.807, 2.05) is 6.07 Å². The van der Waals surface area contributed by atoms with E-state index in [2.05, 4.69) is 16.2 Å². The number of amides is 1. The maximum Gasteiger partial charge on any atom is 0.476 e. The van der Waals surface area contributed by atoms with Crippen LogP contribution in [0.3, 0.4) is 0 Å². The van der Waals surface area contributed by atoms with Crippen LogP contribution in [-0.2, 0) is 19.2 Å². The molecule has 0 fully saturated rings. The molecule has 0 aliphatic rings. The Kier molecular flexibility index (Phi) is 8.29. The van der Waals surface area contributed by atoms with E-state index in [0.29, 0.717) is 22.0 Å². The van der Waals surface area contributed by atoms with Gasteiger partial charge in [-0.1, -0.05) is 37.3 Å². The molecule has 9 nitrogen and oxygen atoms in total. The van der Waals surface area contributed by atoms with Crippen LogP contribution in [0, 0.1) is 23.0 Å². The average Bonchev–Trinajstić information content (AvgIpc) is 3.64.